The van der Waals surface area contributed by atoms with Crippen molar-refractivity contribution in [1.29, 1.82) is 0 Å². The summed E-state index contributed by atoms with van der Waals surface area (Å²) < 4.78 is 5.34. The third-order valence-corrected chi connectivity index (χ3v) is 2.69. The predicted octanol–water partition coefficient (Wildman–Crippen LogP) is 0.687. The van der Waals surface area contributed by atoms with Crippen molar-refractivity contribution in [2.75, 3.05) is 43.9 Å². The lowest BCUT2D eigenvalue weighted by Crippen LogP contribution is -2.43. The van der Waals surface area contributed by atoms with Crippen LogP contribution in [0.3, 0.4) is 0 Å². The van der Waals surface area contributed by atoms with Gasteiger partial charge in [-0.15, -0.1) is 0 Å². The molecule has 0 aromatic heterocycles. The van der Waals surface area contributed by atoms with Gasteiger partial charge in [0.1, 0.15) is 0 Å². The SMILES string of the molecule is COc1c(N)cccc1N1CCNCC1. The average Bonchev–Trinajstić information content (AvgIpc) is 2.30. The summed E-state index contributed by atoms with van der Waals surface area (Å²) in [5.41, 5.74) is 7.67. The zero-order valence-corrected chi connectivity index (χ0v) is 8.99. The molecule has 0 atom stereocenters. The van der Waals surface area contributed by atoms with E-state index in [1.54, 1.807) is 7.11 Å². The van der Waals surface area contributed by atoms with Crippen molar-refractivity contribution in [3.05, 3.63) is 18.2 Å². The fourth-order valence-electron chi connectivity index (χ4n) is 1.92. The van der Waals surface area contributed by atoms with E-state index in [0.29, 0.717) is 5.69 Å². The number of hydrogen-bond acceptors (Lipinski definition) is 4. The molecule has 1 fully saturated rings. The van der Waals surface area contributed by atoms with E-state index in [1.807, 2.05) is 12.1 Å². The largest absolute Gasteiger partial charge is 0.492 e. The van der Waals surface area contributed by atoms with Crippen LogP contribution in [-0.2, 0) is 0 Å². The summed E-state index contributed by atoms with van der Waals surface area (Å²) in [6.07, 6.45) is 0. The molecule has 4 nitrogen and oxygen atoms in total. The molecule has 1 aliphatic rings. The first-order chi connectivity index (χ1) is 7.33. The Morgan fingerprint density at radius 3 is 2.73 bits per heavy atom. The van der Waals surface area contributed by atoms with Crippen LogP contribution >= 0.6 is 0 Å². The van der Waals surface area contributed by atoms with Crippen molar-refractivity contribution >= 4 is 11.4 Å². The number of nitrogen functional groups attached to an aromatic ring is 1. The summed E-state index contributed by atoms with van der Waals surface area (Å²) in [6, 6.07) is 5.89. The number of hydrogen-bond donors (Lipinski definition) is 2. The quantitative estimate of drug-likeness (QED) is 0.700. The summed E-state index contributed by atoms with van der Waals surface area (Å²) in [7, 11) is 1.66. The first-order valence-corrected chi connectivity index (χ1v) is 5.21. The molecule has 1 heterocycles. The molecule has 15 heavy (non-hydrogen) atoms. The number of rotatable bonds is 2. The van der Waals surface area contributed by atoms with E-state index >= 15 is 0 Å². The molecule has 0 saturated carbocycles. The highest BCUT2D eigenvalue weighted by Gasteiger charge is 2.15. The van der Waals surface area contributed by atoms with E-state index in [0.717, 1.165) is 37.6 Å². The van der Waals surface area contributed by atoms with Crippen molar-refractivity contribution in [3.8, 4) is 5.75 Å². The summed E-state index contributed by atoms with van der Waals surface area (Å²) in [5.74, 6) is 0.791. The van der Waals surface area contributed by atoms with Crippen LogP contribution < -0.4 is 20.7 Å². The second-order valence-corrected chi connectivity index (χ2v) is 3.64. The second kappa shape index (κ2) is 4.40. The second-order valence-electron chi connectivity index (χ2n) is 3.64. The number of nitrogens with two attached hydrogens (primary N) is 1. The van der Waals surface area contributed by atoms with Crippen molar-refractivity contribution in [2.24, 2.45) is 0 Å². The molecular weight excluding hydrogens is 190 g/mol. The normalized spacial score (nSPS) is 16.5. The Balaban J connectivity index is 2.29. The highest BCUT2D eigenvalue weighted by atomic mass is 16.5. The van der Waals surface area contributed by atoms with Gasteiger partial charge in [-0.2, -0.15) is 0 Å². The van der Waals surface area contributed by atoms with E-state index < -0.39 is 0 Å². The molecular formula is C11H17N3O. The van der Waals surface area contributed by atoms with Gasteiger partial charge < -0.3 is 20.7 Å². The topological polar surface area (TPSA) is 50.5 Å². The minimum Gasteiger partial charge on any atom is -0.492 e. The number of para-hydroxylation sites is 1. The van der Waals surface area contributed by atoms with E-state index in [9.17, 15) is 0 Å². The molecule has 82 valence electrons. The predicted molar refractivity (Wildman–Crippen MR) is 62.5 cm³/mol. The molecule has 0 radical (unpaired) electrons. The number of methoxy groups -OCH3 is 1. The Hall–Kier alpha value is -1.42. The van der Waals surface area contributed by atoms with E-state index in [4.69, 9.17) is 10.5 Å². The zero-order chi connectivity index (χ0) is 10.7. The minimum absolute atomic E-state index is 0.702. The fourth-order valence-corrected chi connectivity index (χ4v) is 1.92. The molecule has 0 unspecified atom stereocenters. The Morgan fingerprint density at radius 2 is 2.07 bits per heavy atom. The van der Waals surface area contributed by atoms with Crippen LogP contribution in [-0.4, -0.2) is 33.3 Å². The molecule has 0 bridgehead atoms. The lowest BCUT2D eigenvalue weighted by atomic mass is 10.2. The minimum atomic E-state index is 0.702. The van der Waals surface area contributed by atoms with Gasteiger partial charge in [-0.25, -0.2) is 0 Å². The lowest BCUT2D eigenvalue weighted by molar-refractivity contribution is 0.415. The molecule has 0 amide bonds. The Morgan fingerprint density at radius 1 is 1.33 bits per heavy atom. The van der Waals surface area contributed by atoms with Crippen LogP contribution in [0.25, 0.3) is 0 Å². The van der Waals surface area contributed by atoms with E-state index in [2.05, 4.69) is 16.3 Å². The van der Waals surface area contributed by atoms with Gasteiger partial charge in [-0.3, -0.25) is 0 Å². The van der Waals surface area contributed by atoms with Gasteiger partial charge in [0, 0.05) is 26.2 Å². The first kappa shape index (κ1) is 10.1. The van der Waals surface area contributed by atoms with Crippen LogP contribution in [0.15, 0.2) is 18.2 Å². The van der Waals surface area contributed by atoms with Gasteiger partial charge in [0.25, 0.3) is 0 Å². The number of piperazine rings is 1. The van der Waals surface area contributed by atoms with Crippen molar-refractivity contribution in [1.82, 2.24) is 5.32 Å². The fraction of sp³-hybridized carbons (Fsp3) is 0.455. The van der Waals surface area contributed by atoms with E-state index in [1.165, 1.54) is 0 Å². The number of ether oxygens (including phenoxy) is 1. The molecule has 3 N–H and O–H groups in total. The maximum atomic E-state index is 5.87. The Kier molecular flexibility index (Phi) is 2.97. The molecule has 0 aliphatic carbocycles. The molecule has 2 rings (SSSR count). The van der Waals surface area contributed by atoms with Crippen LogP contribution in [0.5, 0.6) is 5.75 Å². The van der Waals surface area contributed by atoms with Gasteiger partial charge >= 0.3 is 0 Å². The van der Waals surface area contributed by atoms with Gasteiger partial charge in [0.05, 0.1) is 18.5 Å². The molecule has 1 aromatic rings. The maximum absolute atomic E-state index is 5.87. The van der Waals surface area contributed by atoms with Crippen LogP contribution in [0.1, 0.15) is 0 Å². The summed E-state index contributed by atoms with van der Waals surface area (Å²) >= 11 is 0. The third kappa shape index (κ3) is 1.99. The maximum Gasteiger partial charge on any atom is 0.165 e. The number of anilines is 2. The van der Waals surface area contributed by atoms with Gasteiger partial charge in [-0.1, -0.05) is 6.07 Å². The zero-order valence-electron chi connectivity index (χ0n) is 8.99. The summed E-state index contributed by atoms with van der Waals surface area (Å²) in [6.45, 7) is 4.02. The molecule has 4 heteroatoms. The van der Waals surface area contributed by atoms with Crippen molar-refractivity contribution in [3.63, 3.8) is 0 Å². The van der Waals surface area contributed by atoms with Gasteiger partial charge in [-0.05, 0) is 12.1 Å². The van der Waals surface area contributed by atoms with Crippen LogP contribution in [0.4, 0.5) is 11.4 Å². The molecule has 1 saturated heterocycles. The van der Waals surface area contributed by atoms with E-state index in [-0.39, 0.29) is 0 Å². The standard InChI is InChI=1S/C11H17N3O/c1-15-11-9(12)3-2-4-10(11)14-7-5-13-6-8-14/h2-4,13H,5-8,12H2,1H3. The number of benzene rings is 1. The molecule has 0 spiro atoms. The van der Waals surface area contributed by atoms with Crippen LogP contribution in [0.2, 0.25) is 0 Å². The molecule has 1 aromatic carbocycles. The monoisotopic (exact) mass is 207 g/mol. The number of nitrogens with zero attached hydrogens (tertiary/aromatic N) is 1. The van der Waals surface area contributed by atoms with Gasteiger partial charge in [0.2, 0.25) is 0 Å². The van der Waals surface area contributed by atoms with Gasteiger partial charge in [0.15, 0.2) is 5.75 Å². The third-order valence-electron chi connectivity index (χ3n) is 2.69. The smallest absolute Gasteiger partial charge is 0.165 e. The average molecular weight is 207 g/mol. The lowest BCUT2D eigenvalue weighted by Gasteiger charge is -2.30. The first-order valence-electron chi connectivity index (χ1n) is 5.21. The van der Waals surface area contributed by atoms with Crippen molar-refractivity contribution in [2.45, 2.75) is 0 Å². The summed E-state index contributed by atoms with van der Waals surface area (Å²) in [4.78, 5) is 2.30. The highest BCUT2D eigenvalue weighted by molar-refractivity contribution is 5.70. The Bertz CT molecular complexity index is 335. The highest BCUT2D eigenvalue weighted by Crippen LogP contribution is 2.33. The van der Waals surface area contributed by atoms with Crippen molar-refractivity contribution < 1.29 is 4.74 Å². The van der Waals surface area contributed by atoms with Crippen LogP contribution in [0, 0.1) is 0 Å². The summed E-state index contributed by atoms with van der Waals surface area (Å²) in [5, 5.41) is 3.32. The Labute approximate surface area is 90.0 Å². The molecule has 1 aliphatic heterocycles. The number of nitrogens with one attached hydrogen (secondary N) is 1.